The van der Waals surface area contributed by atoms with Crippen molar-refractivity contribution >= 4 is 5.97 Å². The van der Waals surface area contributed by atoms with Gasteiger partial charge in [-0.05, 0) is 18.6 Å². The van der Waals surface area contributed by atoms with E-state index in [9.17, 15) is 4.79 Å². The Balaban J connectivity index is 2.70. The number of aromatic nitrogens is 2. The van der Waals surface area contributed by atoms with Crippen LogP contribution >= 0.6 is 0 Å². The summed E-state index contributed by atoms with van der Waals surface area (Å²) in [7, 11) is 3.24. The molecule has 4 nitrogen and oxygen atoms in total. The van der Waals surface area contributed by atoms with Crippen molar-refractivity contribution in [1.82, 2.24) is 4.98 Å². The van der Waals surface area contributed by atoms with Crippen LogP contribution in [-0.4, -0.2) is 18.1 Å². The number of aryl methyl sites for hydroxylation is 2. The molecule has 0 radical (unpaired) electrons. The molecule has 0 N–H and O–H groups in total. The molecule has 1 heterocycles. The van der Waals surface area contributed by atoms with Crippen molar-refractivity contribution in [2.24, 2.45) is 7.05 Å². The highest BCUT2D eigenvalue weighted by Crippen LogP contribution is 2.22. The van der Waals surface area contributed by atoms with Gasteiger partial charge >= 0.3 is 5.97 Å². The number of rotatable bonds is 2. The summed E-state index contributed by atoms with van der Waals surface area (Å²) in [4.78, 5) is 15.9. The van der Waals surface area contributed by atoms with E-state index < -0.39 is 5.97 Å². The van der Waals surface area contributed by atoms with E-state index in [0.29, 0.717) is 5.69 Å². The number of carbonyl (C=O) groups is 1. The number of esters is 1. The third-order valence-electron chi connectivity index (χ3n) is 2.85. The molecule has 0 fully saturated rings. The van der Waals surface area contributed by atoms with Gasteiger partial charge in [0, 0.05) is 0 Å². The summed E-state index contributed by atoms with van der Waals surface area (Å²) in [6.07, 6.45) is 3.40. The first-order chi connectivity index (χ1) is 8.65. The van der Waals surface area contributed by atoms with Gasteiger partial charge in [0.05, 0.1) is 18.9 Å². The number of hydrogen-bond donors (Lipinski definition) is 0. The molecule has 0 aliphatic carbocycles. The second kappa shape index (κ2) is 4.96. The van der Waals surface area contributed by atoms with Crippen LogP contribution in [0, 0.1) is 6.92 Å². The minimum Gasteiger partial charge on any atom is -0.464 e. The van der Waals surface area contributed by atoms with Gasteiger partial charge in [-0.15, -0.1) is 0 Å². The lowest BCUT2D eigenvalue weighted by Gasteiger charge is -2.07. The molecule has 0 aliphatic rings. The van der Waals surface area contributed by atoms with Gasteiger partial charge in [0.2, 0.25) is 11.4 Å². The van der Waals surface area contributed by atoms with Crippen molar-refractivity contribution in [1.29, 1.82) is 0 Å². The average molecular weight is 243 g/mol. The topological polar surface area (TPSA) is 43.1 Å². The zero-order chi connectivity index (χ0) is 13.1. The van der Waals surface area contributed by atoms with Crippen LogP contribution < -0.4 is 4.57 Å². The fourth-order valence-corrected chi connectivity index (χ4v) is 1.91. The molecule has 92 valence electrons. The third kappa shape index (κ3) is 2.09. The van der Waals surface area contributed by atoms with Gasteiger partial charge < -0.3 is 4.74 Å². The smallest absolute Gasteiger partial charge is 0.363 e. The minimum absolute atomic E-state index is 0.330. The fourth-order valence-electron chi connectivity index (χ4n) is 1.91. The van der Waals surface area contributed by atoms with Crippen LogP contribution in [0.25, 0.3) is 11.3 Å². The van der Waals surface area contributed by atoms with E-state index in [2.05, 4.69) is 4.98 Å². The van der Waals surface area contributed by atoms with Crippen molar-refractivity contribution < 1.29 is 14.1 Å². The van der Waals surface area contributed by atoms with Gasteiger partial charge in [0.25, 0.3) is 0 Å². The van der Waals surface area contributed by atoms with Gasteiger partial charge in [-0.1, -0.05) is 18.2 Å². The van der Waals surface area contributed by atoms with E-state index in [1.165, 1.54) is 7.11 Å². The molecule has 18 heavy (non-hydrogen) atoms. The number of nitrogens with zero attached hydrogens (tertiary/aromatic N) is 2. The summed E-state index contributed by atoms with van der Waals surface area (Å²) < 4.78 is 6.66. The molecular weight excluding hydrogens is 228 g/mol. The minimum atomic E-state index is -0.426. The zero-order valence-corrected chi connectivity index (χ0v) is 10.7. The summed E-state index contributed by atoms with van der Waals surface area (Å²) in [5.41, 5.74) is 3.17. The Labute approximate surface area is 106 Å². The standard InChI is InChI=1S/C14H15N2O2/c1-10-6-4-5-7-11(10)13-12(14(17)18-3)15-8-9-16(13)2/h4-9H,1-3H3/q+1. The molecule has 2 rings (SSSR count). The molecule has 0 aliphatic heterocycles. The maximum absolute atomic E-state index is 11.8. The number of methoxy groups -OCH3 is 1. The Bertz CT molecular complexity index is 594. The summed E-state index contributed by atoms with van der Waals surface area (Å²) in [6, 6.07) is 7.88. The van der Waals surface area contributed by atoms with Gasteiger partial charge in [-0.3, -0.25) is 0 Å². The first-order valence-electron chi connectivity index (χ1n) is 5.64. The van der Waals surface area contributed by atoms with Gasteiger partial charge in [0.15, 0.2) is 6.20 Å². The van der Waals surface area contributed by atoms with E-state index >= 15 is 0 Å². The second-order valence-electron chi connectivity index (χ2n) is 4.04. The Morgan fingerprint density at radius 3 is 2.72 bits per heavy atom. The first-order valence-corrected chi connectivity index (χ1v) is 5.64. The molecule has 0 amide bonds. The molecule has 0 bridgehead atoms. The number of carbonyl (C=O) groups excluding carboxylic acids is 1. The van der Waals surface area contributed by atoms with Gasteiger partial charge in [0.1, 0.15) is 7.05 Å². The third-order valence-corrected chi connectivity index (χ3v) is 2.85. The van der Waals surface area contributed by atoms with Crippen LogP contribution in [0.5, 0.6) is 0 Å². The SMILES string of the molecule is COC(=O)c1ncc[n+](C)c1-c1ccccc1C. The van der Waals surface area contributed by atoms with E-state index in [4.69, 9.17) is 4.74 Å². The molecule has 0 spiro atoms. The van der Waals surface area contributed by atoms with Crippen LogP contribution in [0.4, 0.5) is 0 Å². The van der Waals surface area contributed by atoms with E-state index in [0.717, 1.165) is 16.8 Å². The van der Waals surface area contributed by atoms with Crippen LogP contribution in [-0.2, 0) is 11.8 Å². The summed E-state index contributed by atoms with van der Waals surface area (Å²) in [5.74, 6) is -0.426. The lowest BCUT2D eigenvalue weighted by atomic mass is 10.0. The maximum atomic E-state index is 11.8. The molecule has 0 saturated heterocycles. The average Bonchev–Trinajstić information content (AvgIpc) is 2.39. The van der Waals surface area contributed by atoms with Crippen LogP contribution in [0.2, 0.25) is 0 Å². The Morgan fingerprint density at radius 1 is 1.33 bits per heavy atom. The molecule has 1 aromatic carbocycles. The normalized spacial score (nSPS) is 10.2. The van der Waals surface area contributed by atoms with Gasteiger partial charge in [-0.2, -0.15) is 4.57 Å². The highest BCUT2D eigenvalue weighted by Gasteiger charge is 2.24. The quantitative estimate of drug-likeness (QED) is 0.595. The number of hydrogen-bond acceptors (Lipinski definition) is 3. The van der Waals surface area contributed by atoms with Crippen LogP contribution in [0.1, 0.15) is 16.1 Å². The number of benzene rings is 1. The maximum Gasteiger partial charge on any atom is 0.363 e. The predicted molar refractivity (Wildman–Crippen MR) is 66.9 cm³/mol. The predicted octanol–water partition coefficient (Wildman–Crippen LogP) is 1.67. The van der Waals surface area contributed by atoms with Gasteiger partial charge in [-0.25, -0.2) is 9.78 Å². The molecule has 4 heteroatoms. The Kier molecular flexibility index (Phi) is 3.37. The molecular formula is C14H15N2O2+. The highest BCUT2D eigenvalue weighted by atomic mass is 16.5. The summed E-state index contributed by atoms with van der Waals surface area (Å²) >= 11 is 0. The largest absolute Gasteiger partial charge is 0.464 e. The summed E-state index contributed by atoms with van der Waals surface area (Å²) in [6.45, 7) is 2.00. The number of ether oxygens (including phenoxy) is 1. The molecule has 1 aromatic heterocycles. The molecule has 0 unspecified atom stereocenters. The van der Waals surface area contributed by atoms with Crippen molar-refractivity contribution in [2.45, 2.75) is 6.92 Å². The molecule has 2 aromatic rings. The van der Waals surface area contributed by atoms with Crippen LogP contribution in [0.3, 0.4) is 0 Å². The van der Waals surface area contributed by atoms with Crippen LogP contribution in [0.15, 0.2) is 36.7 Å². The highest BCUT2D eigenvalue weighted by molar-refractivity contribution is 5.93. The van der Waals surface area contributed by atoms with E-state index in [-0.39, 0.29) is 0 Å². The second-order valence-corrected chi connectivity index (χ2v) is 4.04. The van der Waals surface area contributed by atoms with Crippen molar-refractivity contribution in [3.05, 3.63) is 47.9 Å². The van der Waals surface area contributed by atoms with E-state index in [1.807, 2.05) is 49.0 Å². The lowest BCUT2D eigenvalue weighted by Crippen LogP contribution is -2.33. The fraction of sp³-hybridized carbons (Fsp3) is 0.214. The monoisotopic (exact) mass is 243 g/mol. The summed E-state index contributed by atoms with van der Waals surface area (Å²) in [5, 5.41) is 0. The van der Waals surface area contributed by atoms with Crippen molar-refractivity contribution in [2.75, 3.05) is 7.11 Å². The zero-order valence-electron chi connectivity index (χ0n) is 10.7. The first kappa shape index (κ1) is 12.2. The molecule has 0 atom stereocenters. The van der Waals surface area contributed by atoms with Crippen molar-refractivity contribution in [3.63, 3.8) is 0 Å². The Morgan fingerprint density at radius 2 is 2.06 bits per heavy atom. The Hall–Kier alpha value is -2.23. The van der Waals surface area contributed by atoms with Crippen molar-refractivity contribution in [3.8, 4) is 11.3 Å². The van der Waals surface area contributed by atoms with E-state index in [1.54, 1.807) is 6.20 Å². The molecule has 0 saturated carbocycles. The lowest BCUT2D eigenvalue weighted by molar-refractivity contribution is -0.661.